The van der Waals surface area contributed by atoms with Crippen LogP contribution >= 0.6 is 0 Å². The van der Waals surface area contributed by atoms with E-state index in [1.54, 1.807) is 23.1 Å². The number of carboxylic acids is 1. The molecule has 1 saturated heterocycles. The molecular weight excluding hydrogens is 558 g/mol. The van der Waals surface area contributed by atoms with Gasteiger partial charge in [-0.25, -0.2) is 13.4 Å². The number of hydrogen-bond donors (Lipinski definition) is 2. The summed E-state index contributed by atoms with van der Waals surface area (Å²) >= 11 is 0. The monoisotopic (exact) mass is 589 g/mol. The SMILES string of the molecule is O=C(O)C(Cc1cnc(C2CCCN2C(=O)Cc2ccc(COc3ccccc3)cc2)o1)NS(=O)(=O)c1ccccc1. The maximum Gasteiger partial charge on any atom is 0.322 e. The summed E-state index contributed by atoms with van der Waals surface area (Å²) in [4.78, 5) is 31.1. The van der Waals surface area contributed by atoms with E-state index in [1.165, 1.54) is 18.3 Å². The lowest BCUT2D eigenvalue weighted by atomic mass is 10.1. The van der Waals surface area contributed by atoms with Crippen molar-refractivity contribution in [3.63, 3.8) is 0 Å². The van der Waals surface area contributed by atoms with Gasteiger partial charge >= 0.3 is 5.97 Å². The molecule has 0 radical (unpaired) electrons. The van der Waals surface area contributed by atoms with E-state index in [0.29, 0.717) is 25.5 Å². The van der Waals surface area contributed by atoms with Crippen molar-refractivity contribution in [2.75, 3.05) is 6.54 Å². The molecule has 2 N–H and O–H groups in total. The van der Waals surface area contributed by atoms with Gasteiger partial charge in [-0.15, -0.1) is 0 Å². The Kier molecular flexibility index (Phi) is 8.99. The van der Waals surface area contributed by atoms with Gasteiger partial charge in [-0.1, -0.05) is 60.7 Å². The molecule has 1 amide bonds. The number of aliphatic carboxylic acids is 1. The van der Waals surface area contributed by atoms with Crippen LogP contribution in [0.1, 0.15) is 41.7 Å². The van der Waals surface area contributed by atoms with Crippen LogP contribution in [0.3, 0.4) is 0 Å². The van der Waals surface area contributed by atoms with E-state index in [4.69, 9.17) is 9.15 Å². The topological polar surface area (TPSA) is 139 Å². The summed E-state index contributed by atoms with van der Waals surface area (Å²) in [6.45, 7) is 0.980. The van der Waals surface area contributed by atoms with Gasteiger partial charge in [0.05, 0.1) is 17.5 Å². The number of nitrogens with one attached hydrogen (secondary N) is 1. The minimum atomic E-state index is -4.05. The lowest BCUT2D eigenvalue weighted by Gasteiger charge is -2.22. The van der Waals surface area contributed by atoms with Gasteiger partial charge in [0.15, 0.2) is 0 Å². The number of amides is 1. The predicted molar refractivity (Wildman–Crippen MR) is 153 cm³/mol. The van der Waals surface area contributed by atoms with Crippen molar-refractivity contribution in [2.24, 2.45) is 0 Å². The molecule has 0 spiro atoms. The highest BCUT2D eigenvalue weighted by molar-refractivity contribution is 7.89. The summed E-state index contributed by atoms with van der Waals surface area (Å²) < 4.78 is 39.2. The molecular formula is C31H31N3O7S. The minimum Gasteiger partial charge on any atom is -0.489 e. The van der Waals surface area contributed by atoms with Gasteiger partial charge in [0.1, 0.15) is 30.2 Å². The molecule has 0 bridgehead atoms. The highest BCUT2D eigenvalue weighted by Crippen LogP contribution is 2.32. The minimum absolute atomic E-state index is 0.0372. The fraction of sp³-hybridized carbons (Fsp3) is 0.258. The normalized spacial score (nSPS) is 15.8. The molecule has 2 heterocycles. The number of sulfonamides is 1. The Morgan fingerprint density at radius 2 is 1.67 bits per heavy atom. The smallest absolute Gasteiger partial charge is 0.322 e. The molecule has 218 valence electrons. The maximum atomic E-state index is 13.2. The van der Waals surface area contributed by atoms with E-state index >= 15 is 0 Å². The number of nitrogens with zero attached hydrogens (tertiary/aromatic N) is 2. The quantitative estimate of drug-likeness (QED) is 0.252. The Balaban J connectivity index is 1.19. The second-order valence-corrected chi connectivity index (χ2v) is 11.7. The number of carboxylic acid groups (broad SMARTS) is 1. The molecule has 5 rings (SSSR count). The number of carbonyl (C=O) groups is 2. The maximum absolute atomic E-state index is 13.2. The fourth-order valence-corrected chi connectivity index (χ4v) is 6.05. The Labute approximate surface area is 244 Å². The highest BCUT2D eigenvalue weighted by Gasteiger charge is 2.34. The number of carbonyl (C=O) groups excluding carboxylic acids is 1. The van der Waals surface area contributed by atoms with Crippen LogP contribution in [0.15, 0.2) is 100 Å². The van der Waals surface area contributed by atoms with Gasteiger partial charge in [0, 0.05) is 13.0 Å². The van der Waals surface area contributed by atoms with E-state index in [0.717, 1.165) is 23.3 Å². The molecule has 0 aliphatic carbocycles. The predicted octanol–water partition coefficient (Wildman–Crippen LogP) is 4.13. The number of aromatic nitrogens is 1. The van der Waals surface area contributed by atoms with Crippen LogP contribution in [0.2, 0.25) is 0 Å². The first kappa shape index (κ1) is 29.0. The fourth-order valence-electron chi connectivity index (χ4n) is 4.84. The number of benzene rings is 3. The van der Waals surface area contributed by atoms with Crippen molar-refractivity contribution in [1.29, 1.82) is 0 Å². The van der Waals surface area contributed by atoms with E-state index in [9.17, 15) is 23.1 Å². The van der Waals surface area contributed by atoms with E-state index in [1.807, 2.05) is 54.6 Å². The standard InChI is InChI=1S/C31H31N3O7S/c35-29(18-22-13-15-23(16-14-22)21-40-24-8-3-1-4-9-24)34-17-7-12-28(34)30-32-20-25(41-30)19-27(31(36)37)33-42(38,39)26-10-5-2-6-11-26/h1-6,8-11,13-16,20,27-28,33H,7,12,17-19,21H2,(H,36,37). The molecule has 1 aromatic heterocycles. The van der Waals surface area contributed by atoms with Gasteiger partial charge < -0.3 is 19.2 Å². The zero-order valence-corrected chi connectivity index (χ0v) is 23.6. The van der Waals surface area contributed by atoms with Crippen molar-refractivity contribution < 1.29 is 32.3 Å². The highest BCUT2D eigenvalue weighted by atomic mass is 32.2. The zero-order chi connectivity index (χ0) is 29.5. The molecule has 11 heteroatoms. The largest absolute Gasteiger partial charge is 0.489 e. The number of ether oxygens (including phenoxy) is 1. The summed E-state index contributed by atoms with van der Waals surface area (Å²) in [7, 11) is -4.05. The van der Waals surface area contributed by atoms with Gasteiger partial charge in [0.25, 0.3) is 0 Å². The lowest BCUT2D eigenvalue weighted by Crippen LogP contribution is -2.42. The van der Waals surface area contributed by atoms with Crippen LogP contribution in [0.4, 0.5) is 0 Å². The van der Waals surface area contributed by atoms with Crippen molar-refractivity contribution in [2.45, 2.75) is 49.3 Å². The molecule has 1 fully saturated rings. The van der Waals surface area contributed by atoms with Crippen molar-refractivity contribution in [3.05, 3.63) is 114 Å². The summed E-state index contributed by atoms with van der Waals surface area (Å²) in [5, 5.41) is 9.67. The molecule has 3 aromatic carbocycles. The van der Waals surface area contributed by atoms with E-state index in [2.05, 4.69) is 9.71 Å². The third kappa shape index (κ3) is 7.23. The van der Waals surface area contributed by atoms with E-state index < -0.39 is 22.0 Å². The number of likely N-dealkylation sites (tertiary alicyclic amines) is 1. The first-order chi connectivity index (χ1) is 20.3. The Hall–Kier alpha value is -4.48. The second kappa shape index (κ2) is 13.0. The van der Waals surface area contributed by atoms with Crippen LogP contribution in [0.5, 0.6) is 5.75 Å². The van der Waals surface area contributed by atoms with Gasteiger partial charge in [-0.3, -0.25) is 9.59 Å². The molecule has 2 unspecified atom stereocenters. The van der Waals surface area contributed by atoms with Gasteiger partial charge in [-0.2, -0.15) is 4.72 Å². The molecule has 0 saturated carbocycles. The third-order valence-electron chi connectivity index (χ3n) is 7.01. The first-order valence-corrected chi connectivity index (χ1v) is 15.1. The average molecular weight is 590 g/mol. The molecule has 1 aliphatic heterocycles. The lowest BCUT2D eigenvalue weighted by molar-refractivity contribution is -0.139. The summed E-state index contributed by atoms with van der Waals surface area (Å²) in [5.74, 6) is -0.106. The van der Waals surface area contributed by atoms with Crippen LogP contribution in [0, 0.1) is 0 Å². The number of rotatable bonds is 12. The average Bonchev–Trinajstić information content (AvgIpc) is 3.67. The van der Waals surface area contributed by atoms with Crippen molar-refractivity contribution in [1.82, 2.24) is 14.6 Å². The van der Waals surface area contributed by atoms with Crippen LogP contribution in [0.25, 0.3) is 0 Å². The van der Waals surface area contributed by atoms with Gasteiger partial charge in [-0.05, 0) is 48.2 Å². The molecule has 2 atom stereocenters. The molecule has 42 heavy (non-hydrogen) atoms. The Morgan fingerprint density at radius 1 is 1.00 bits per heavy atom. The van der Waals surface area contributed by atoms with Crippen molar-refractivity contribution >= 4 is 21.9 Å². The Bertz CT molecular complexity index is 1610. The number of para-hydroxylation sites is 1. The van der Waals surface area contributed by atoms with Crippen molar-refractivity contribution in [3.8, 4) is 5.75 Å². The summed E-state index contributed by atoms with van der Waals surface area (Å²) in [6, 6.07) is 23.0. The first-order valence-electron chi connectivity index (χ1n) is 13.6. The van der Waals surface area contributed by atoms with Gasteiger partial charge in [0.2, 0.25) is 21.8 Å². The molecule has 10 nitrogen and oxygen atoms in total. The van der Waals surface area contributed by atoms with Crippen LogP contribution in [-0.4, -0.2) is 47.9 Å². The second-order valence-electron chi connectivity index (χ2n) is 10.0. The van der Waals surface area contributed by atoms with Crippen LogP contribution < -0.4 is 9.46 Å². The molecule has 4 aromatic rings. The van der Waals surface area contributed by atoms with E-state index in [-0.39, 0.29) is 35.4 Å². The molecule has 1 aliphatic rings. The zero-order valence-electron chi connectivity index (χ0n) is 22.8. The number of hydrogen-bond acceptors (Lipinski definition) is 7. The Morgan fingerprint density at radius 3 is 2.36 bits per heavy atom. The third-order valence-corrected chi connectivity index (χ3v) is 8.50. The van der Waals surface area contributed by atoms with Crippen LogP contribution in [-0.2, 0) is 39.1 Å². The summed E-state index contributed by atoms with van der Waals surface area (Å²) in [6.07, 6.45) is 2.80. The summed E-state index contributed by atoms with van der Waals surface area (Å²) in [5.41, 5.74) is 1.87. The number of oxazole rings is 1.